The Morgan fingerprint density at radius 2 is 2.22 bits per heavy atom. The first kappa shape index (κ1) is 16.1. The van der Waals surface area contributed by atoms with Gasteiger partial charge in [0.2, 0.25) is 0 Å². The molecule has 0 unspecified atom stereocenters. The van der Waals surface area contributed by atoms with Gasteiger partial charge < -0.3 is 9.64 Å². The van der Waals surface area contributed by atoms with Gasteiger partial charge in [-0.05, 0) is 49.4 Å². The van der Waals surface area contributed by atoms with Crippen LogP contribution in [0.4, 0.5) is 0 Å². The van der Waals surface area contributed by atoms with Crippen LogP contribution in [0, 0.1) is 5.92 Å². The maximum Gasteiger partial charge on any atom is 0.260 e. The lowest BCUT2D eigenvalue weighted by Crippen LogP contribution is -2.37. The predicted octanol–water partition coefficient (Wildman–Crippen LogP) is 3.92. The van der Waals surface area contributed by atoms with Crippen LogP contribution >= 0.6 is 11.6 Å². The number of aromatic nitrogens is 1. The van der Waals surface area contributed by atoms with Gasteiger partial charge in [0.25, 0.3) is 5.91 Å². The third-order valence-electron chi connectivity index (χ3n) is 4.05. The highest BCUT2D eigenvalue weighted by molar-refractivity contribution is 6.35. The molecule has 1 saturated carbocycles. The second-order valence-corrected chi connectivity index (χ2v) is 6.42. The van der Waals surface area contributed by atoms with E-state index in [1.807, 2.05) is 17.0 Å². The topological polar surface area (TPSA) is 42.4 Å². The molecule has 0 spiro atoms. The molecule has 1 aromatic heterocycles. The van der Waals surface area contributed by atoms with E-state index >= 15 is 0 Å². The van der Waals surface area contributed by atoms with E-state index in [1.165, 1.54) is 12.8 Å². The van der Waals surface area contributed by atoms with Crippen LogP contribution < -0.4 is 4.74 Å². The molecule has 1 aliphatic carbocycles. The Morgan fingerprint density at radius 3 is 2.96 bits per heavy atom. The van der Waals surface area contributed by atoms with Gasteiger partial charge in [-0.2, -0.15) is 0 Å². The second-order valence-electron chi connectivity index (χ2n) is 6.02. The molecule has 1 aliphatic rings. The molecular weight excluding hydrogens is 312 g/mol. The Bertz CT molecular complexity index is 700. The van der Waals surface area contributed by atoms with Crippen molar-refractivity contribution in [2.45, 2.75) is 26.2 Å². The lowest BCUT2D eigenvalue weighted by atomic mass is 10.2. The van der Waals surface area contributed by atoms with Crippen LogP contribution in [-0.4, -0.2) is 35.5 Å². The normalized spacial score (nSPS) is 14.0. The first-order valence-electron chi connectivity index (χ1n) is 8.13. The van der Waals surface area contributed by atoms with Gasteiger partial charge in [-0.1, -0.05) is 18.5 Å². The van der Waals surface area contributed by atoms with Crippen LogP contribution in [0.1, 0.15) is 26.2 Å². The third kappa shape index (κ3) is 3.94. The molecule has 0 bridgehead atoms. The largest absolute Gasteiger partial charge is 0.481 e. The van der Waals surface area contributed by atoms with E-state index in [2.05, 4.69) is 11.9 Å². The highest BCUT2D eigenvalue weighted by atomic mass is 35.5. The molecule has 1 aromatic carbocycles. The third-order valence-corrected chi connectivity index (χ3v) is 4.38. The van der Waals surface area contributed by atoms with Crippen molar-refractivity contribution in [3.63, 3.8) is 0 Å². The summed E-state index contributed by atoms with van der Waals surface area (Å²) in [5, 5.41) is 1.47. The number of carbonyl (C=O) groups is 1. The zero-order valence-electron chi connectivity index (χ0n) is 13.3. The summed E-state index contributed by atoms with van der Waals surface area (Å²) in [5.74, 6) is 1.32. The Morgan fingerprint density at radius 1 is 1.39 bits per heavy atom. The SMILES string of the molecule is CCCN(CC1CC1)C(=O)COc1ccc(Cl)c2cccnc12. The highest BCUT2D eigenvalue weighted by Crippen LogP contribution is 2.31. The van der Waals surface area contributed by atoms with E-state index in [-0.39, 0.29) is 12.5 Å². The fraction of sp³-hybridized carbons (Fsp3) is 0.444. The van der Waals surface area contributed by atoms with Crippen LogP contribution in [-0.2, 0) is 4.79 Å². The fourth-order valence-electron chi connectivity index (χ4n) is 2.66. The minimum Gasteiger partial charge on any atom is -0.481 e. The van der Waals surface area contributed by atoms with Gasteiger partial charge in [-0.25, -0.2) is 0 Å². The molecule has 122 valence electrons. The summed E-state index contributed by atoms with van der Waals surface area (Å²) in [6, 6.07) is 7.28. The standard InChI is InChI=1S/C18H21ClN2O2/c1-2-10-21(11-13-5-6-13)17(22)12-23-16-8-7-15(19)14-4-3-9-20-18(14)16/h3-4,7-9,13H,2,5-6,10-12H2,1H3. The maximum atomic E-state index is 12.4. The molecule has 0 atom stereocenters. The van der Waals surface area contributed by atoms with Crippen LogP contribution in [0.5, 0.6) is 5.75 Å². The molecule has 4 nitrogen and oxygen atoms in total. The number of hydrogen-bond acceptors (Lipinski definition) is 3. The fourth-order valence-corrected chi connectivity index (χ4v) is 2.87. The average molecular weight is 333 g/mol. The van der Waals surface area contributed by atoms with Crippen molar-refractivity contribution in [2.24, 2.45) is 5.92 Å². The molecule has 1 heterocycles. The van der Waals surface area contributed by atoms with E-state index < -0.39 is 0 Å². The van der Waals surface area contributed by atoms with Crippen molar-refractivity contribution in [3.8, 4) is 5.75 Å². The van der Waals surface area contributed by atoms with E-state index in [0.717, 1.165) is 24.9 Å². The van der Waals surface area contributed by atoms with Crippen molar-refractivity contribution in [2.75, 3.05) is 19.7 Å². The van der Waals surface area contributed by atoms with Crippen LogP contribution in [0.25, 0.3) is 10.9 Å². The van der Waals surface area contributed by atoms with E-state index in [9.17, 15) is 4.79 Å². The number of rotatable bonds is 7. The lowest BCUT2D eigenvalue weighted by molar-refractivity contribution is -0.133. The number of amides is 1. The number of nitrogens with zero attached hydrogens (tertiary/aromatic N) is 2. The number of hydrogen-bond donors (Lipinski definition) is 0. The molecule has 0 aliphatic heterocycles. The number of ether oxygens (including phenoxy) is 1. The molecule has 0 radical (unpaired) electrons. The van der Waals surface area contributed by atoms with Gasteiger partial charge in [0, 0.05) is 24.7 Å². The van der Waals surface area contributed by atoms with Crippen LogP contribution in [0.3, 0.4) is 0 Å². The van der Waals surface area contributed by atoms with E-state index in [1.54, 1.807) is 18.3 Å². The summed E-state index contributed by atoms with van der Waals surface area (Å²) < 4.78 is 5.75. The highest BCUT2D eigenvalue weighted by Gasteiger charge is 2.26. The molecule has 0 N–H and O–H groups in total. The molecule has 2 aromatic rings. The van der Waals surface area contributed by atoms with Crippen molar-refractivity contribution < 1.29 is 9.53 Å². The zero-order valence-corrected chi connectivity index (χ0v) is 14.1. The maximum absolute atomic E-state index is 12.4. The summed E-state index contributed by atoms with van der Waals surface area (Å²) in [6.45, 7) is 3.78. The van der Waals surface area contributed by atoms with Crippen molar-refractivity contribution in [1.82, 2.24) is 9.88 Å². The summed E-state index contributed by atoms with van der Waals surface area (Å²) in [5.41, 5.74) is 0.692. The number of halogens is 1. The smallest absolute Gasteiger partial charge is 0.260 e. The molecule has 1 fully saturated rings. The predicted molar refractivity (Wildman–Crippen MR) is 91.8 cm³/mol. The van der Waals surface area contributed by atoms with Crippen molar-refractivity contribution in [3.05, 3.63) is 35.5 Å². The summed E-state index contributed by atoms with van der Waals surface area (Å²) in [4.78, 5) is 18.7. The molecule has 0 saturated heterocycles. The number of pyridine rings is 1. The van der Waals surface area contributed by atoms with Crippen LogP contribution in [0.15, 0.2) is 30.5 Å². The molecule has 23 heavy (non-hydrogen) atoms. The minimum absolute atomic E-state index is 0.0396. The molecule has 3 rings (SSSR count). The Balaban J connectivity index is 1.69. The van der Waals surface area contributed by atoms with Gasteiger partial charge in [-0.15, -0.1) is 0 Å². The molecule has 1 amide bonds. The summed E-state index contributed by atoms with van der Waals surface area (Å²) >= 11 is 6.18. The Labute approximate surface area is 141 Å². The molecular formula is C18H21ClN2O2. The van der Waals surface area contributed by atoms with E-state index in [0.29, 0.717) is 22.2 Å². The van der Waals surface area contributed by atoms with Gasteiger partial charge in [0.15, 0.2) is 6.61 Å². The molecule has 5 heteroatoms. The van der Waals surface area contributed by atoms with Crippen LogP contribution in [0.2, 0.25) is 5.02 Å². The Kier molecular flexibility index (Phi) is 5.01. The van der Waals surface area contributed by atoms with Gasteiger partial charge in [0.05, 0.1) is 5.02 Å². The summed E-state index contributed by atoms with van der Waals surface area (Å²) in [6.07, 6.45) is 5.13. The van der Waals surface area contributed by atoms with Gasteiger partial charge >= 0.3 is 0 Å². The van der Waals surface area contributed by atoms with E-state index in [4.69, 9.17) is 16.3 Å². The first-order valence-corrected chi connectivity index (χ1v) is 8.50. The number of benzene rings is 1. The lowest BCUT2D eigenvalue weighted by Gasteiger charge is -2.22. The number of carbonyl (C=O) groups excluding carboxylic acids is 1. The zero-order chi connectivity index (χ0) is 16.2. The minimum atomic E-state index is 0.0396. The average Bonchev–Trinajstić information content (AvgIpc) is 3.38. The second kappa shape index (κ2) is 7.18. The number of fused-ring (bicyclic) bond motifs is 1. The van der Waals surface area contributed by atoms with Crippen molar-refractivity contribution in [1.29, 1.82) is 0 Å². The monoisotopic (exact) mass is 332 g/mol. The quantitative estimate of drug-likeness (QED) is 0.772. The summed E-state index contributed by atoms with van der Waals surface area (Å²) in [7, 11) is 0. The van der Waals surface area contributed by atoms with Crippen molar-refractivity contribution >= 4 is 28.4 Å². The van der Waals surface area contributed by atoms with Gasteiger partial charge in [-0.3, -0.25) is 9.78 Å². The first-order chi connectivity index (χ1) is 11.2. The Hall–Kier alpha value is -1.81. The van der Waals surface area contributed by atoms with Gasteiger partial charge in [0.1, 0.15) is 11.3 Å².